The Hall–Kier alpha value is -1.88. The van der Waals surface area contributed by atoms with Crippen molar-refractivity contribution >= 4 is 17.6 Å². The SMILES string of the molecule is Cc1cccc(NC(=O)CN(C)CCCC(=O)O)c1. The van der Waals surface area contributed by atoms with Crippen LogP contribution >= 0.6 is 0 Å². The number of anilines is 1. The highest BCUT2D eigenvalue weighted by atomic mass is 16.4. The molecule has 1 aromatic carbocycles. The van der Waals surface area contributed by atoms with Crippen LogP contribution in [0.25, 0.3) is 0 Å². The summed E-state index contributed by atoms with van der Waals surface area (Å²) in [7, 11) is 1.80. The van der Waals surface area contributed by atoms with Gasteiger partial charge in [0.05, 0.1) is 6.54 Å². The minimum absolute atomic E-state index is 0.0941. The molecule has 0 aliphatic carbocycles. The molecule has 0 bridgehead atoms. The quantitative estimate of drug-likeness (QED) is 0.787. The molecular formula is C14H20N2O3. The Morgan fingerprint density at radius 2 is 2.11 bits per heavy atom. The van der Waals surface area contributed by atoms with E-state index in [1.165, 1.54) is 0 Å². The van der Waals surface area contributed by atoms with Crippen molar-refractivity contribution in [1.82, 2.24) is 4.90 Å². The lowest BCUT2D eigenvalue weighted by molar-refractivity contribution is -0.137. The largest absolute Gasteiger partial charge is 0.481 e. The average molecular weight is 264 g/mol. The Balaban J connectivity index is 2.32. The topological polar surface area (TPSA) is 69.6 Å². The number of carbonyl (C=O) groups is 2. The molecule has 104 valence electrons. The van der Waals surface area contributed by atoms with Crippen molar-refractivity contribution in [2.24, 2.45) is 0 Å². The maximum absolute atomic E-state index is 11.8. The average Bonchev–Trinajstić information content (AvgIpc) is 2.27. The molecule has 2 N–H and O–H groups in total. The highest BCUT2D eigenvalue weighted by molar-refractivity contribution is 5.92. The maximum Gasteiger partial charge on any atom is 0.303 e. The number of nitrogens with zero attached hydrogens (tertiary/aromatic N) is 1. The Bertz CT molecular complexity index is 446. The van der Waals surface area contributed by atoms with Crippen LogP contribution in [0.15, 0.2) is 24.3 Å². The van der Waals surface area contributed by atoms with Crippen molar-refractivity contribution in [3.63, 3.8) is 0 Å². The molecule has 19 heavy (non-hydrogen) atoms. The zero-order valence-electron chi connectivity index (χ0n) is 11.3. The number of aliphatic carboxylic acids is 1. The Morgan fingerprint density at radius 1 is 1.37 bits per heavy atom. The van der Waals surface area contributed by atoms with Crippen LogP contribution in [0.3, 0.4) is 0 Å². The minimum atomic E-state index is -0.808. The molecule has 0 aliphatic heterocycles. The summed E-state index contributed by atoms with van der Waals surface area (Å²) < 4.78 is 0. The van der Waals surface area contributed by atoms with Gasteiger partial charge in [-0.1, -0.05) is 12.1 Å². The number of carboxylic acid groups (broad SMARTS) is 1. The predicted molar refractivity (Wildman–Crippen MR) is 74.2 cm³/mol. The van der Waals surface area contributed by atoms with Crippen molar-refractivity contribution in [2.45, 2.75) is 19.8 Å². The van der Waals surface area contributed by atoms with E-state index in [1.54, 1.807) is 7.05 Å². The number of likely N-dealkylation sites (N-methyl/N-ethyl adjacent to an activating group) is 1. The van der Waals surface area contributed by atoms with E-state index in [4.69, 9.17) is 5.11 Å². The van der Waals surface area contributed by atoms with E-state index in [-0.39, 0.29) is 18.9 Å². The number of carboxylic acids is 1. The van der Waals surface area contributed by atoms with Gasteiger partial charge in [0.25, 0.3) is 0 Å². The predicted octanol–water partition coefficient (Wildman–Crippen LogP) is 1.73. The Kier molecular flexibility index (Phi) is 6.02. The third-order valence-corrected chi connectivity index (χ3v) is 2.65. The second kappa shape index (κ2) is 7.53. The van der Waals surface area contributed by atoms with Crippen LogP contribution in [0.2, 0.25) is 0 Å². The molecule has 0 atom stereocenters. The Labute approximate surface area is 113 Å². The van der Waals surface area contributed by atoms with Gasteiger partial charge in [-0.3, -0.25) is 14.5 Å². The van der Waals surface area contributed by atoms with Gasteiger partial charge in [-0.05, 0) is 44.6 Å². The third-order valence-electron chi connectivity index (χ3n) is 2.65. The van der Waals surface area contributed by atoms with E-state index >= 15 is 0 Å². The molecule has 0 saturated heterocycles. The van der Waals surface area contributed by atoms with E-state index in [1.807, 2.05) is 36.1 Å². The minimum Gasteiger partial charge on any atom is -0.481 e. The summed E-state index contributed by atoms with van der Waals surface area (Å²) in [6, 6.07) is 7.60. The first-order chi connectivity index (χ1) is 8.97. The lowest BCUT2D eigenvalue weighted by Gasteiger charge is -2.15. The van der Waals surface area contributed by atoms with Crippen LogP contribution in [0.4, 0.5) is 5.69 Å². The summed E-state index contributed by atoms with van der Waals surface area (Å²) in [6.07, 6.45) is 0.674. The van der Waals surface area contributed by atoms with Gasteiger partial charge in [-0.15, -0.1) is 0 Å². The second-order valence-electron chi connectivity index (χ2n) is 4.65. The molecule has 0 saturated carbocycles. The van der Waals surface area contributed by atoms with Crippen molar-refractivity contribution in [3.05, 3.63) is 29.8 Å². The molecule has 1 aromatic rings. The number of hydrogen-bond donors (Lipinski definition) is 2. The third kappa shape index (κ3) is 6.57. The lowest BCUT2D eigenvalue weighted by Crippen LogP contribution is -2.31. The molecule has 5 nitrogen and oxygen atoms in total. The summed E-state index contributed by atoms with van der Waals surface area (Å²) in [5.41, 5.74) is 1.87. The summed E-state index contributed by atoms with van der Waals surface area (Å²) >= 11 is 0. The van der Waals surface area contributed by atoms with Crippen molar-refractivity contribution in [1.29, 1.82) is 0 Å². The van der Waals surface area contributed by atoms with Crippen LogP contribution in [0, 0.1) is 6.92 Å². The van der Waals surface area contributed by atoms with Crippen LogP contribution in [-0.4, -0.2) is 42.0 Å². The number of carbonyl (C=O) groups excluding carboxylic acids is 1. The van der Waals surface area contributed by atoms with Gasteiger partial charge in [-0.25, -0.2) is 0 Å². The van der Waals surface area contributed by atoms with Gasteiger partial charge in [0, 0.05) is 12.1 Å². The Morgan fingerprint density at radius 3 is 2.74 bits per heavy atom. The molecule has 0 heterocycles. The lowest BCUT2D eigenvalue weighted by atomic mass is 10.2. The van der Waals surface area contributed by atoms with Crippen molar-refractivity contribution in [3.8, 4) is 0 Å². The molecule has 1 amide bonds. The summed E-state index contributed by atoms with van der Waals surface area (Å²) in [4.78, 5) is 24.0. The fourth-order valence-electron chi connectivity index (χ4n) is 1.75. The molecule has 1 rings (SSSR count). The normalized spacial score (nSPS) is 10.5. The fraction of sp³-hybridized carbons (Fsp3) is 0.429. The maximum atomic E-state index is 11.8. The standard InChI is InChI=1S/C14H20N2O3/c1-11-5-3-6-12(9-11)15-13(17)10-16(2)8-4-7-14(18)19/h3,5-6,9H,4,7-8,10H2,1-2H3,(H,15,17)(H,18,19). The summed E-state index contributed by atoms with van der Waals surface area (Å²) in [5.74, 6) is -0.902. The smallest absolute Gasteiger partial charge is 0.303 e. The molecule has 0 unspecified atom stereocenters. The molecule has 5 heteroatoms. The van der Waals surface area contributed by atoms with E-state index in [0.29, 0.717) is 13.0 Å². The van der Waals surface area contributed by atoms with E-state index in [0.717, 1.165) is 11.3 Å². The number of aryl methyl sites for hydroxylation is 1. The van der Waals surface area contributed by atoms with Crippen molar-refractivity contribution < 1.29 is 14.7 Å². The highest BCUT2D eigenvalue weighted by Gasteiger charge is 2.07. The summed E-state index contributed by atoms with van der Waals surface area (Å²) in [5, 5.41) is 11.3. The van der Waals surface area contributed by atoms with Gasteiger partial charge in [0.2, 0.25) is 5.91 Å². The van der Waals surface area contributed by atoms with Gasteiger partial charge in [0.15, 0.2) is 0 Å². The second-order valence-corrected chi connectivity index (χ2v) is 4.65. The highest BCUT2D eigenvalue weighted by Crippen LogP contribution is 2.09. The van der Waals surface area contributed by atoms with Gasteiger partial charge >= 0.3 is 5.97 Å². The van der Waals surface area contributed by atoms with Gasteiger partial charge in [0.1, 0.15) is 0 Å². The van der Waals surface area contributed by atoms with E-state index in [2.05, 4.69) is 5.32 Å². The van der Waals surface area contributed by atoms with Crippen molar-refractivity contribution in [2.75, 3.05) is 25.5 Å². The first-order valence-corrected chi connectivity index (χ1v) is 6.24. The molecule has 0 fully saturated rings. The number of rotatable bonds is 7. The molecule has 0 aliphatic rings. The molecular weight excluding hydrogens is 244 g/mol. The number of amides is 1. The monoisotopic (exact) mass is 264 g/mol. The van der Waals surface area contributed by atoms with Crippen LogP contribution < -0.4 is 5.32 Å². The fourth-order valence-corrected chi connectivity index (χ4v) is 1.75. The molecule has 0 spiro atoms. The summed E-state index contributed by atoms with van der Waals surface area (Å²) in [6.45, 7) is 2.81. The van der Waals surface area contributed by atoms with Crippen LogP contribution in [0.5, 0.6) is 0 Å². The number of nitrogens with one attached hydrogen (secondary N) is 1. The number of hydrogen-bond acceptors (Lipinski definition) is 3. The van der Waals surface area contributed by atoms with Crippen LogP contribution in [-0.2, 0) is 9.59 Å². The first-order valence-electron chi connectivity index (χ1n) is 6.24. The molecule has 0 radical (unpaired) electrons. The zero-order chi connectivity index (χ0) is 14.3. The van der Waals surface area contributed by atoms with Crippen LogP contribution in [0.1, 0.15) is 18.4 Å². The van der Waals surface area contributed by atoms with E-state index < -0.39 is 5.97 Å². The zero-order valence-corrected chi connectivity index (χ0v) is 11.3. The molecule has 0 aromatic heterocycles. The van der Waals surface area contributed by atoms with E-state index in [9.17, 15) is 9.59 Å². The van der Waals surface area contributed by atoms with Gasteiger partial charge in [-0.2, -0.15) is 0 Å². The number of benzene rings is 1. The first kappa shape index (κ1) is 15.2. The van der Waals surface area contributed by atoms with Gasteiger partial charge < -0.3 is 10.4 Å².